The Morgan fingerprint density at radius 3 is 2.83 bits per heavy atom. The monoisotopic (exact) mass is 408 g/mol. The third-order valence-corrected chi connectivity index (χ3v) is 5.15. The van der Waals surface area contributed by atoms with Crippen LogP contribution in [0, 0.1) is 0 Å². The predicted octanol–water partition coefficient (Wildman–Crippen LogP) is -0.0314. The fourth-order valence-corrected chi connectivity index (χ4v) is 3.55. The van der Waals surface area contributed by atoms with Gasteiger partial charge in [0.05, 0.1) is 37.2 Å². The summed E-state index contributed by atoms with van der Waals surface area (Å²) in [4.78, 5) is 35.0. The van der Waals surface area contributed by atoms with Gasteiger partial charge in [0.25, 0.3) is 5.56 Å². The maximum absolute atomic E-state index is 12.2. The van der Waals surface area contributed by atoms with Crippen molar-refractivity contribution in [1.82, 2.24) is 39.2 Å². The Morgan fingerprint density at radius 1 is 1.13 bits per heavy atom. The molecule has 1 saturated heterocycles. The number of rotatable bonds is 5. The number of imidazole rings is 1. The molecule has 0 amide bonds. The van der Waals surface area contributed by atoms with Crippen LogP contribution in [0.2, 0.25) is 0 Å². The van der Waals surface area contributed by atoms with E-state index in [1.807, 2.05) is 10.9 Å². The highest BCUT2D eigenvalue weighted by Crippen LogP contribution is 2.26. The molecule has 0 bridgehead atoms. The molecule has 0 unspecified atom stereocenters. The second kappa shape index (κ2) is 7.69. The SMILES string of the molecule is O=c1[nH]cc(-c2cc(-c3cnn(CCN4CCOCC4)c3)c3nccn3n2)c(=O)[nH]1. The highest BCUT2D eigenvalue weighted by molar-refractivity contribution is 5.79. The molecule has 11 heteroatoms. The first kappa shape index (κ1) is 18.5. The molecule has 5 heterocycles. The lowest BCUT2D eigenvalue weighted by molar-refractivity contribution is 0.0360. The normalized spacial score (nSPS) is 15.1. The highest BCUT2D eigenvalue weighted by Gasteiger charge is 2.15. The van der Waals surface area contributed by atoms with E-state index in [0.29, 0.717) is 11.3 Å². The van der Waals surface area contributed by atoms with Crippen LogP contribution in [0.1, 0.15) is 0 Å². The summed E-state index contributed by atoms with van der Waals surface area (Å²) >= 11 is 0. The number of aromatic nitrogens is 7. The fourth-order valence-electron chi connectivity index (χ4n) is 3.55. The van der Waals surface area contributed by atoms with Gasteiger partial charge in [-0.05, 0) is 6.07 Å². The number of nitrogens with one attached hydrogen (secondary N) is 2. The minimum atomic E-state index is -0.561. The summed E-state index contributed by atoms with van der Waals surface area (Å²) in [6.07, 6.45) is 8.47. The van der Waals surface area contributed by atoms with Crippen molar-refractivity contribution in [2.24, 2.45) is 0 Å². The van der Waals surface area contributed by atoms with Crippen molar-refractivity contribution >= 4 is 5.65 Å². The Hall–Kier alpha value is -3.57. The van der Waals surface area contributed by atoms with Crippen molar-refractivity contribution in [3.8, 4) is 22.4 Å². The number of ether oxygens (including phenoxy) is 1. The smallest absolute Gasteiger partial charge is 0.325 e. The van der Waals surface area contributed by atoms with Gasteiger partial charge >= 0.3 is 5.69 Å². The second-order valence-electron chi connectivity index (χ2n) is 7.07. The molecule has 30 heavy (non-hydrogen) atoms. The molecule has 4 aromatic heterocycles. The zero-order valence-corrected chi connectivity index (χ0v) is 16.1. The van der Waals surface area contributed by atoms with E-state index < -0.39 is 11.2 Å². The van der Waals surface area contributed by atoms with E-state index in [4.69, 9.17) is 4.74 Å². The number of H-pyrrole nitrogens is 2. The molecular formula is C19H20N8O3. The lowest BCUT2D eigenvalue weighted by Gasteiger charge is -2.26. The van der Waals surface area contributed by atoms with E-state index in [0.717, 1.165) is 50.5 Å². The van der Waals surface area contributed by atoms with Gasteiger partial charge < -0.3 is 9.72 Å². The van der Waals surface area contributed by atoms with E-state index in [9.17, 15) is 9.59 Å². The Bertz CT molecular complexity index is 1290. The molecule has 0 saturated carbocycles. The molecule has 1 aliphatic heterocycles. The number of aromatic amines is 2. The summed E-state index contributed by atoms with van der Waals surface area (Å²) in [6.45, 7) is 5.08. The van der Waals surface area contributed by atoms with Crippen LogP contribution >= 0.6 is 0 Å². The largest absolute Gasteiger partial charge is 0.379 e. The Labute approximate surface area is 169 Å². The number of hydrogen-bond donors (Lipinski definition) is 2. The summed E-state index contributed by atoms with van der Waals surface area (Å²) in [6, 6.07) is 1.79. The van der Waals surface area contributed by atoms with E-state index >= 15 is 0 Å². The predicted molar refractivity (Wildman–Crippen MR) is 108 cm³/mol. The van der Waals surface area contributed by atoms with Gasteiger partial charge in [0.2, 0.25) is 0 Å². The third kappa shape index (κ3) is 3.55. The fraction of sp³-hybridized carbons (Fsp3) is 0.316. The highest BCUT2D eigenvalue weighted by atomic mass is 16.5. The van der Waals surface area contributed by atoms with Crippen molar-refractivity contribution in [2.45, 2.75) is 6.54 Å². The summed E-state index contributed by atoms with van der Waals surface area (Å²) in [5, 5.41) is 8.94. The van der Waals surface area contributed by atoms with Crippen molar-refractivity contribution < 1.29 is 4.74 Å². The van der Waals surface area contributed by atoms with E-state index in [-0.39, 0.29) is 5.56 Å². The molecule has 4 aromatic rings. The molecule has 1 aliphatic rings. The maximum Gasteiger partial charge on any atom is 0.325 e. The zero-order valence-electron chi connectivity index (χ0n) is 16.1. The van der Waals surface area contributed by atoms with Gasteiger partial charge in [-0.15, -0.1) is 0 Å². The third-order valence-electron chi connectivity index (χ3n) is 5.15. The standard InChI is InChI=1S/C19H20N8O3/c28-18-15(11-21-19(29)23-18)16-9-14(17-20-1-2-27(17)24-16)13-10-22-26(12-13)4-3-25-5-7-30-8-6-25/h1-2,9-12H,3-8H2,(H2,21,23,28,29). The van der Waals surface area contributed by atoms with Gasteiger partial charge in [-0.25, -0.2) is 14.3 Å². The average molecular weight is 408 g/mol. The van der Waals surface area contributed by atoms with Gasteiger partial charge in [0.15, 0.2) is 5.65 Å². The Morgan fingerprint density at radius 2 is 2.00 bits per heavy atom. The molecule has 11 nitrogen and oxygen atoms in total. The van der Waals surface area contributed by atoms with Crippen LogP contribution in [0.25, 0.3) is 28.0 Å². The van der Waals surface area contributed by atoms with Crippen LogP contribution in [0.3, 0.4) is 0 Å². The molecule has 154 valence electrons. The summed E-state index contributed by atoms with van der Waals surface area (Å²) < 4.78 is 8.90. The maximum atomic E-state index is 12.2. The second-order valence-corrected chi connectivity index (χ2v) is 7.07. The molecule has 0 aliphatic carbocycles. The minimum absolute atomic E-state index is 0.270. The average Bonchev–Trinajstić information content (AvgIpc) is 3.42. The number of fused-ring (bicyclic) bond motifs is 1. The zero-order chi connectivity index (χ0) is 20.5. The van der Waals surface area contributed by atoms with Crippen LogP contribution in [-0.4, -0.2) is 72.1 Å². The molecule has 5 rings (SSSR count). The van der Waals surface area contributed by atoms with Crippen LogP contribution in [0.15, 0.2) is 46.6 Å². The first-order chi connectivity index (χ1) is 14.7. The van der Waals surface area contributed by atoms with Crippen molar-refractivity contribution in [3.05, 3.63) is 57.9 Å². The molecule has 1 fully saturated rings. The molecule has 0 aromatic carbocycles. The Kier molecular flexibility index (Phi) is 4.73. The number of morpholine rings is 1. The molecule has 2 N–H and O–H groups in total. The van der Waals surface area contributed by atoms with Gasteiger partial charge in [-0.2, -0.15) is 10.2 Å². The van der Waals surface area contributed by atoms with Crippen LogP contribution in [-0.2, 0) is 11.3 Å². The summed E-state index contributed by atoms with van der Waals surface area (Å²) in [5.41, 5.74) is 1.96. The van der Waals surface area contributed by atoms with Crippen LogP contribution < -0.4 is 11.2 Å². The first-order valence-electron chi connectivity index (χ1n) is 9.67. The summed E-state index contributed by atoms with van der Waals surface area (Å²) in [7, 11) is 0. The van der Waals surface area contributed by atoms with Crippen LogP contribution in [0.4, 0.5) is 0 Å². The summed E-state index contributed by atoms with van der Waals surface area (Å²) in [5.74, 6) is 0. The van der Waals surface area contributed by atoms with Crippen molar-refractivity contribution in [1.29, 1.82) is 0 Å². The Balaban J connectivity index is 1.48. The van der Waals surface area contributed by atoms with Crippen molar-refractivity contribution in [3.63, 3.8) is 0 Å². The molecule has 0 radical (unpaired) electrons. The minimum Gasteiger partial charge on any atom is -0.379 e. The van der Waals surface area contributed by atoms with Gasteiger partial charge in [0, 0.05) is 55.5 Å². The van der Waals surface area contributed by atoms with Crippen molar-refractivity contribution in [2.75, 3.05) is 32.8 Å². The quantitative estimate of drug-likeness (QED) is 0.475. The number of nitrogens with zero attached hydrogens (tertiary/aromatic N) is 6. The lowest BCUT2D eigenvalue weighted by atomic mass is 10.1. The number of hydrogen-bond acceptors (Lipinski definition) is 7. The van der Waals surface area contributed by atoms with Gasteiger partial charge in [0.1, 0.15) is 0 Å². The lowest BCUT2D eigenvalue weighted by Crippen LogP contribution is -2.38. The molecule has 0 spiro atoms. The van der Waals surface area contributed by atoms with Crippen LogP contribution in [0.5, 0.6) is 0 Å². The van der Waals surface area contributed by atoms with E-state index in [2.05, 4.69) is 30.0 Å². The topological polar surface area (TPSA) is 126 Å². The molecule has 0 atom stereocenters. The van der Waals surface area contributed by atoms with Gasteiger partial charge in [-0.3, -0.25) is 19.4 Å². The van der Waals surface area contributed by atoms with Gasteiger partial charge in [-0.1, -0.05) is 0 Å². The first-order valence-corrected chi connectivity index (χ1v) is 9.67. The molecular weight excluding hydrogens is 388 g/mol. The van der Waals surface area contributed by atoms with E-state index in [1.54, 1.807) is 29.2 Å². The van der Waals surface area contributed by atoms with E-state index in [1.165, 1.54) is 6.20 Å².